The number of likely N-dealkylation sites (tertiary alicyclic amines) is 2. The monoisotopic (exact) mass is 426 g/mol. The second kappa shape index (κ2) is 11.3. The third kappa shape index (κ3) is 6.23. The Morgan fingerprint density at radius 2 is 1.71 bits per heavy atom. The van der Waals surface area contributed by atoms with Crippen LogP contribution in [0.5, 0.6) is 0 Å². The molecule has 1 amide bonds. The molecule has 31 heavy (non-hydrogen) atoms. The number of hydrogen-bond acceptors (Lipinski definition) is 4. The van der Waals surface area contributed by atoms with Gasteiger partial charge >= 0.3 is 0 Å². The summed E-state index contributed by atoms with van der Waals surface area (Å²) >= 11 is 0. The summed E-state index contributed by atoms with van der Waals surface area (Å²) in [5.41, 5.74) is 1.37. The van der Waals surface area contributed by atoms with Crippen molar-refractivity contribution in [3.63, 3.8) is 0 Å². The van der Waals surface area contributed by atoms with Crippen molar-refractivity contribution in [2.45, 2.75) is 70.4 Å². The maximum Gasteiger partial charge on any atom is 0.220 e. The van der Waals surface area contributed by atoms with Crippen molar-refractivity contribution in [1.29, 1.82) is 0 Å². The van der Waals surface area contributed by atoms with Crippen molar-refractivity contribution in [2.75, 3.05) is 50.7 Å². The number of carbonyl (C=O) groups excluding carboxylic acids is 1. The van der Waals surface area contributed by atoms with Crippen LogP contribution in [0.15, 0.2) is 30.3 Å². The van der Waals surface area contributed by atoms with Gasteiger partial charge in [0.2, 0.25) is 5.91 Å². The second-order valence-electron chi connectivity index (χ2n) is 9.80. The molecule has 1 N–H and O–H groups in total. The van der Waals surface area contributed by atoms with Crippen LogP contribution < -0.4 is 10.2 Å². The minimum Gasteiger partial charge on any atom is -0.371 e. The summed E-state index contributed by atoms with van der Waals surface area (Å²) in [7, 11) is 0. The highest BCUT2D eigenvalue weighted by molar-refractivity contribution is 5.75. The molecule has 4 rings (SSSR count). The fourth-order valence-corrected chi connectivity index (χ4v) is 5.93. The molecule has 3 aliphatic heterocycles. The van der Waals surface area contributed by atoms with Gasteiger partial charge in [0.05, 0.1) is 0 Å². The second-order valence-corrected chi connectivity index (χ2v) is 9.80. The number of carbonyl (C=O) groups is 1. The highest BCUT2D eigenvalue weighted by Gasteiger charge is 2.28. The highest BCUT2D eigenvalue weighted by atomic mass is 16.1. The van der Waals surface area contributed by atoms with E-state index in [0.717, 1.165) is 31.5 Å². The van der Waals surface area contributed by atoms with Gasteiger partial charge in [-0.15, -0.1) is 0 Å². The van der Waals surface area contributed by atoms with Gasteiger partial charge in [-0.3, -0.25) is 9.69 Å². The van der Waals surface area contributed by atoms with Gasteiger partial charge in [-0.25, -0.2) is 0 Å². The van der Waals surface area contributed by atoms with Crippen LogP contribution in [-0.2, 0) is 4.79 Å². The van der Waals surface area contributed by atoms with E-state index >= 15 is 0 Å². The van der Waals surface area contributed by atoms with E-state index in [1.807, 2.05) is 0 Å². The zero-order valence-corrected chi connectivity index (χ0v) is 19.5. The molecule has 1 atom stereocenters. The Kier molecular flexibility index (Phi) is 8.26. The van der Waals surface area contributed by atoms with E-state index in [1.165, 1.54) is 76.9 Å². The lowest BCUT2D eigenvalue weighted by molar-refractivity contribution is -0.121. The first-order valence-corrected chi connectivity index (χ1v) is 12.8. The van der Waals surface area contributed by atoms with Crippen LogP contribution in [0, 0.1) is 5.92 Å². The van der Waals surface area contributed by atoms with Gasteiger partial charge in [-0.2, -0.15) is 0 Å². The number of para-hydroxylation sites is 1. The SMILES string of the molecule is CCN1CCCC1CNC(=O)CCC1CCN(C2CCN(c3ccccc3)CC2)CC1. The van der Waals surface area contributed by atoms with Crippen LogP contribution in [0.4, 0.5) is 5.69 Å². The van der Waals surface area contributed by atoms with E-state index in [1.54, 1.807) is 0 Å². The Labute approximate surface area is 189 Å². The molecular formula is C26H42N4O. The minimum atomic E-state index is 0.263. The molecule has 5 nitrogen and oxygen atoms in total. The fourth-order valence-electron chi connectivity index (χ4n) is 5.93. The Hall–Kier alpha value is -1.59. The summed E-state index contributed by atoms with van der Waals surface area (Å²) in [6.45, 7) is 10.1. The van der Waals surface area contributed by atoms with Crippen molar-refractivity contribution in [1.82, 2.24) is 15.1 Å². The van der Waals surface area contributed by atoms with Crippen LogP contribution in [-0.4, -0.2) is 73.6 Å². The molecule has 1 unspecified atom stereocenters. The van der Waals surface area contributed by atoms with Crippen molar-refractivity contribution in [2.24, 2.45) is 5.92 Å². The standard InChI is InChI=1S/C26H42N4O/c1-2-28-16-6-9-25(28)21-27-26(31)11-10-22-12-17-29(18-13-22)24-14-19-30(20-15-24)23-7-4-3-5-8-23/h3-5,7-8,22,24-25H,2,6,9-21H2,1H3,(H,27,31). The molecule has 1 aromatic rings. The quantitative estimate of drug-likeness (QED) is 0.687. The summed E-state index contributed by atoms with van der Waals surface area (Å²) in [6, 6.07) is 12.1. The lowest BCUT2D eigenvalue weighted by atomic mass is 9.90. The molecule has 0 aromatic heterocycles. The van der Waals surface area contributed by atoms with E-state index in [0.29, 0.717) is 12.5 Å². The molecule has 3 fully saturated rings. The first-order valence-electron chi connectivity index (χ1n) is 12.8. The molecule has 3 saturated heterocycles. The number of benzene rings is 1. The Morgan fingerprint density at radius 1 is 0.968 bits per heavy atom. The van der Waals surface area contributed by atoms with E-state index in [-0.39, 0.29) is 5.91 Å². The largest absolute Gasteiger partial charge is 0.371 e. The van der Waals surface area contributed by atoms with Crippen LogP contribution in [0.3, 0.4) is 0 Å². The highest BCUT2D eigenvalue weighted by Crippen LogP contribution is 2.28. The number of nitrogens with zero attached hydrogens (tertiary/aromatic N) is 3. The summed E-state index contributed by atoms with van der Waals surface area (Å²) in [5, 5.41) is 3.21. The molecule has 0 bridgehead atoms. The van der Waals surface area contributed by atoms with Gasteiger partial charge in [-0.05, 0) is 89.2 Å². The zero-order valence-electron chi connectivity index (χ0n) is 19.5. The maximum atomic E-state index is 12.4. The minimum absolute atomic E-state index is 0.263. The predicted octanol–water partition coefficient (Wildman–Crippen LogP) is 3.75. The van der Waals surface area contributed by atoms with E-state index in [2.05, 4.69) is 57.3 Å². The number of piperidine rings is 2. The third-order valence-electron chi connectivity index (χ3n) is 7.97. The number of anilines is 1. The summed E-state index contributed by atoms with van der Waals surface area (Å²) in [5.74, 6) is 0.990. The average molecular weight is 427 g/mol. The molecule has 3 aliphatic rings. The van der Waals surface area contributed by atoms with Crippen LogP contribution in [0.1, 0.15) is 58.3 Å². The first kappa shape index (κ1) is 22.6. The topological polar surface area (TPSA) is 38.8 Å². The number of likely N-dealkylation sites (N-methyl/N-ethyl adjacent to an activating group) is 1. The Bertz CT molecular complexity index is 665. The molecule has 1 aromatic carbocycles. The van der Waals surface area contributed by atoms with Crippen molar-refractivity contribution >= 4 is 11.6 Å². The van der Waals surface area contributed by atoms with Crippen molar-refractivity contribution < 1.29 is 4.79 Å². The molecule has 0 aliphatic carbocycles. The van der Waals surface area contributed by atoms with E-state index < -0.39 is 0 Å². The summed E-state index contributed by atoms with van der Waals surface area (Å²) < 4.78 is 0. The van der Waals surface area contributed by atoms with Gasteiger partial charge in [0.25, 0.3) is 0 Å². The van der Waals surface area contributed by atoms with Crippen LogP contribution in [0.2, 0.25) is 0 Å². The van der Waals surface area contributed by atoms with Crippen LogP contribution in [0.25, 0.3) is 0 Å². The molecule has 172 valence electrons. The summed E-state index contributed by atoms with van der Waals surface area (Å²) in [6.07, 6.45) is 9.36. The molecular weight excluding hydrogens is 384 g/mol. The number of rotatable bonds is 8. The lowest BCUT2D eigenvalue weighted by Crippen LogP contribution is -2.47. The predicted molar refractivity (Wildman–Crippen MR) is 128 cm³/mol. The number of nitrogens with one attached hydrogen (secondary N) is 1. The Morgan fingerprint density at radius 3 is 2.42 bits per heavy atom. The smallest absolute Gasteiger partial charge is 0.220 e. The normalized spacial score (nSPS) is 24.5. The van der Waals surface area contributed by atoms with Crippen molar-refractivity contribution in [3.05, 3.63) is 30.3 Å². The van der Waals surface area contributed by atoms with Gasteiger partial charge in [0, 0.05) is 43.8 Å². The van der Waals surface area contributed by atoms with Gasteiger partial charge in [0.15, 0.2) is 0 Å². The average Bonchev–Trinajstić information content (AvgIpc) is 3.30. The molecule has 3 heterocycles. The van der Waals surface area contributed by atoms with E-state index in [9.17, 15) is 4.79 Å². The first-order chi connectivity index (χ1) is 15.2. The van der Waals surface area contributed by atoms with Gasteiger partial charge in [0.1, 0.15) is 0 Å². The van der Waals surface area contributed by atoms with E-state index in [4.69, 9.17) is 0 Å². The molecule has 0 saturated carbocycles. The molecule has 5 heteroatoms. The lowest BCUT2D eigenvalue weighted by Gasteiger charge is -2.42. The third-order valence-corrected chi connectivity index (χ3v) is 7.97. The molecule has 0 radical (unpaired) electrons. The Balaban J connectivity index is 1.10. The maximum absolute atomic E-state index is 12.4. The number of hydrogen-bond donors (Lipinski definition) is 1. The van der Waals surface area contributed by atoms with Crippen LogP contribution >= 0.6 is 0 Å². The zero-order chi connectivity index (χ0) is 21.5. The van der Waals surface area contributed by atoms with Crippen molar-refractivity contribution in [3.8, 4) is 0 Å². The fraction of sp³-hybridized carbons (Fsp3) is 0.731. The number of amides is 1. The van der Waals surface area contributed by atoms with Gasteiger partial charge in [-0.1, -0.05) is 25.1 Å². The summed E-state index contributed by atoms with van der Waals surface area (Å²) in [4.78, 5) is 20.1. The van der Waals surface area contributed by atoms with Gasteiger partial charge < -0.3 is 15.1 Å². The molecule has 0 spiro atoms.